The second-order valence-electron chi connectivity index (χ2n) is 10.1. The molecule has 2 rings (SSSR count). The number of rotatable bonds is 15. The Kier molecular flexibility index (Phi) is 10.1. The standard InChI is InChI=1S/C27H42O4/c1-26(2,20-30-18-13-11-9-7-5-6-8-10-12-17-28)25-24(31-21-27(25,3)4)22-15-14-16-23(29)19-22/h14-17,19,29H,5-13,18,20-21H2,1-4H3. The minimum Gasteiger partial charge on any atom is -0.508 e. The molecular weight excluding hydrogens is 388 g/mol. The van der Waals surface area contributed by atoms with Crippen LogP contribution in [0.3, 0.4) is 0 Å². The number of hydrogen-bond acceptors (Lipinski definition) is 4. The van der Waals surface area contributed by atoms with Gasteiger partial charge in [0.05, 0.1) is 13.2 Å². The monoisotopic (exact) mass is 430 g/mol. The van der Waals surface area contributed by atoms with E-state index in [4.69, 9.17) is 9.47 Å². The fraction of sp³-hybridized carbons (Fsp3) is 0.667. The molecule has 0 atom stereocenters. The zero-order chi connectivity index (χ0) is 22.7. The molecule has 1 aromatic carbocycles. The highest BCUT2D eigenvalue weighted by molar-refractivity contribution is 5.68. The first kappa shape index (κ1) is 25.5. The number of phenolic OH excluding ortho intramolecular Hbond substituents is 1. The Labute approximate surface area is 189 Å². The molecule has 31 heavy (non-hydrogen) atoms. The van der Waals surface area contributed by atoms with Gasteiger partial charge in [-0.1, -0.05) is 78.4 Å². The fourth-order valence-corrected chi connectivity index (χ4v) is 4.69. The van der Waals surface area contributed by atoms with Gasteiger partial charge in [0.15, 0.2) is 0 Å². The van der Waals surface area contributed by atoms with Crippen LogP contribution in [0.15, 0.2) is 29.8 Å². The molecule has 4 nitrogen and oxygen atoms in total. The van der Waals surface area contributed by atoms with Gasteiger partial charge in [0.25, 0.3) is 0 Å². The van der Waals surface area contributed by atoms with Crippen molar-refractivity contribution in [1.29, 1.82) is 0 Å². The summed E-state index contributed by atoms with van der Waals surface area (Å²) in [6.45, 7) is 11.0. The van der Waals surface area contributed by atoms with Crippen LogP contribution in [-0.2, 0) is 14.3 Å². The minimum absolute atomic E-state index is 0.0701. The Hall–Kier alpha value is -1.81. The normalized spacial score (nSPS) is 15.9. The maximum absolute atomic E-state index is 10.3. The number of aromatic hydroxyl groups is 1. The Bertz CT molecular complexity index is 718. The maximum atomic E-state index is 10.3. The lowest BCUT2D eigenvalue weighted by molar-refractivity contribution is -0.107. The van der Waals surface area contributed by atoms with Crippen molar-refractivity contribution in [3.63, 3.8) is 0 Å². The van der Waals surface area contributed by atoms with E-state index in [1.54, 1.807) is 12.1 Å². The van der Waals surface area contributed by atoms with Gasteiger partial charge in [-0.25, -0.2) is 0 Å². The van der Waals surface area contributed by atoms with Crippen LogP contribution in [0.4, 0.5) is 0 Å². The maximum Gasteiger partial charge on any atom is 0.127 e. The molecular formula is C27H42O4. The fourth-order valence-electron chi connectivity index (χ4n) is 4.69. The predicted molar refractivity (Wildman–Crippen MR) is 127 cm³/mol. The topological polar surface area (TPSA) is 55.8 Å². The van der Waals surface area contributed by atoms with Crippen LogP contribution < -0.4 is 0 Å². The van der Waals surface area contributed by atoms with Crippen LogP contribution in [0.5, 0.6) is 5.75 Å². The highest BCUT2D eigenvalue weighted by Crippen LogP contribution is 2.50. The zero-order valence-corrected chi connectivity index (χ0v) is 20.0. The van der Waals surface area contributed by atoms with E-state index in [0.29, 0.717) is 19.6 Å². The van der Waals surface area contributed by atoms with E-state index in [9.17, 15) is 9.90 Å². The van der Waals surface area contributed by atoms with Gasteiger partial charge in [-0.15, -0.1) is 0 Å². The minimum atomic E-state index is -0.150. The molecule has 1 N–H and O–H groups in total. The summed E-state index contributed by atoms with van der Waals surface area (Å²) in [6.07, 6.45) is 11.3. The van der Waals surface area contributed by atoms with Crippen LogP contribution in [-0.4, -0.2) is 31.2 Å². The first-order valence-corrected chi connectivity index (χ1v) is 12.0. The van der Waals surface area contributed by atoms with Crippen LogP contribution in [0.25, 0.3) is 5.76 Å². The van der Waals surface area contributed by atoms with Crippen LogP contribution in [0.2, 0.25) is 0 Å². The van der Waals surface area contributed by atoms with Gasteiger partial charge in [0.1, 0.15) is 17.8 Å². The van der Waals surface area contributed by atoms with Crippen molar-refractivity contribution in [2.45, 2.75) is 85.5 Å². The summed E-state index contributed by atoms with van der Waals surface area (Å²) in [5.74, 6) is 1.15. The third-order valence-corrected chi connectivity index (χ3v) is 6.09. The number of unbranched alkanes of at least 4 members (excludes halogenated alkanes) is 8. The lowest BCUT2D eigenvalue weighted by Crippen LogP contribution is -2.31. The summed E-state index contributed by atoms with van der Waals surface area (Å²) < 4.78 is 12.2. The number of benzene rings is 1. The van der Waals surface area contributed by atoms with Gasteiger partial charge < -0.3 is 19.4 Å². The quantitative estimate of drug-likeness (QED) is 0.242. The van der Waals surface area contributed by atoms with Crippen LogP contribution >= 0.6 is 0 Å². The highest BCUT2D eigenvalue weighted by Gasteiger charge is 2.43. The number of phenols is 1. The van der Waals surface area contributed by atoms with Crippen molar-refractivity contribution in [3.05, 3.63) is 35.4 Å². The number of ether oxygens (including phenoxy) is 2. The molecule has 174 valence electrons. The molecule has 1 aliphatic heterocycles. The van der Waals surface area contributed by atoms with E-state index in [1.807, 2.05) is 12.1 Å². The number of carbonyl (C=O) groups is 1. The average Bonchev–Trinajstić information content (AvgIpc) is 3.05. The van der Waals surface area contributed by atoms with Gasteiger partial charge >= 0.3 is 0 Å². The summed E-state index contributed by atoms with van der Waals surface area (Å²) >= 11 is 0. The molecule has 4 heteroatoms. The van der Waals surface area contributed by atoms with Crippen molar-refractivity contribution in [2.75, 3.05) is 19.8 Å². The molecule has 0 radical (unpaired) electrons. The Morgan fingerprint density at radius 2 is 1.71 bits per heavy atom. The van der Waals surface area contributed by atoms with Crippen molar-refractivity contribution >= 4 is 12.0 Å². The summed E-state index contributed by atoms with van der Waals surface area (Å²) in [6, 6.07) is 7.32. The van der Waals surface area contributed by atoms with E-state index < -0.39 is 0 Å². The molecule has 0 unspecified atom stereocenters. The van der Waals surface area contributed by atoms with E-state index in [0.717, 1.165) is 37.1 Å². The van der Waals surface area contributed by atoms with Gasteiger partial charge in [0.2, 0.25) is 0 Å². The molecule has 0 fully saturated rings. The highest BCUT2D eigenvalue weighted by atomic mass is 16.5. The summed E-state index contributed by atoms with van der Waals surface area (Å²) in [5, 5.41) is 9.90. The lowest BCUT2D eigenvalue weighted by atomic mass is 9.70. The SMILES string of the molecule is CC(C)(COCCCCCCCCCCC=O)C1=C(c2cccc(O)c2)OCC1(C)C. The van der Waals surface area contributed by atoms with Crippen molar-refractivity contribution in [1.82, 2.24) is 0 Å². The molecule has 1 aromatic rings. The smallest absolute Gasteiger partial charge is 0.127 e. The third kappa shape index (κ3) is 7.99. The molecule has 0 bridgehead atoms. The van der Waals surface area contributed by atoms with Crippen molar-refractivity contribution in [2.24, 2.45) is 10.8 Å². The summed E-state index contributed by atoms with van der Waals surface area (Å²) in [5.41, 5.74) is 1.97. The molecule has 0 spiro atoms. The molecule has 0 saturated carbocycles. The van der Waals surface area contributed by atoms with Crippen molar-refractivity contribution < 1.29 is 19.4 Å². The second-order valence-corrected chi connectivity index (χ2v) is 10.1. The van der Waals surface area contributed by atoms with Gasteiger partial charge in [-0.3, -0.25) is 0 Å². The summed E-state index contributed by atoms with van der Waals surface area (Å²) in [7, 11) is 0. The first-order chi connectivity index (χ1) is 14.8. The van der Waals surface area contributed by atoms with E-state index in [1.165, 1.54) is 44.1 Å². The second kappa shape index (κ2) is 12.3. The van der Waals surface area contributed by atoms with Crippen LogP contribution in [0.1, 0.15) is 91.0 Å². The zero-order valence-electron chi connectivity index (χ0n) is 20.0. The number of aldehydes is 1. The largest absolute Gasteiger partial charge is 0.508 e. The molecule has 1 heterocycles. The van der Waals surface area contributed by atoms with E-state index >= 15 is 0 Å². The summed E-state index contributed by atoms with van der Waals surface area (Å²) in [4.78, 5) is 10.3. The molecule has 1 aliphatic rings. The number of carbonyl (C=O) groups excluding carboxylic acids is 1. The van der Waals surface area contributed by atoms with E-state index in [2.05, 4.69) is 27.7 Å². The molecule has 0 aliphatic carbocycles. The Morgan fingerprint density at radius 1 is 1.06 bits per heavy atom. The van der Waals surface area contributed by atoms with Crippen LogP contribution in [0, 0.1) is 10.8 Å². The van der Waals surface area contributed by atoms with Gasteiger partial charge in [-0.2, -0.15) is 0 Å². The molecule has 0 amide bonds. The Balaban J connectivity index is 1.78. The van der Waals surface area contributed by atoms with Gasteiger partial charge in [-0.05, 0) is 30.5 Å². The molecule has 0 saturated heterocycles. The first-order valence-electron chi connectivity index (χ1n) is 12.0. The van der Waals surface area contributed by atoms with Gasteiger partial charge in [0, 0.05) is 29.4 Å². The van der Waals surface area contributed by atoms with Crippen molar-refractivity contribution in [3.8, 4) is 5.75 Å². The average molecular weight is 431 g/mol. The predicted octanol–water partition coefficient (Wildman–Crippen LogP) is 6.91. The molecule has 0 aromatic heterocycles. The Morgan fingerprint density at radius 3 is 2.35 bits per heavy atom. The third-order valence-electron chi connectivity index (χ3n) is 6.09. The lowest BCUT2D eigenvalue weighted by Gasteiger charge is -2.34. The van der Waals surface area contributed by atoms with E-state index in [-0.39, 0.29) is 16.6 Å². The number of hydrogen-bond donors (Lipinski definition) is 1.